The zero-order chi connectivity index (χ0) is 18.5. The van der Waals surface area contributed by atoms with Crippen LogP contribution in [0, 0.1) is 4.91 Å². The quantitative estimate of drug-likeness (QED) is 0.373. The molecule has 2 aromatic heterocycles. The molecule has 7 nitrogen and oxygen atoms in total. The summed E-state index contributed by atoms with van der Waals surface area (Å²) in [5.41, 5.74) is 6.52. The Morgan fingerprint density at radius 3 is 2.63 bits per heavy atom. The first kappa shape index (κ1) is 16.2. The molecule has 3 heterocycles. The molecule has 5 rings (SSSR count). The Morgan fingerprint density at radius 2 is 1.89 bits per heavy atom. The van der Waals surface area contributed by atoms with Crippen molar-refractivity contribution in [3.63, 3.8) is 0 Å². The van der Waals surface area contributed by atoms with Crippen LogP contribution >= 0.6 is 12.6 Å². The second-order valence-corrected chi connectivity index (χ2v) is 7.15. The summed E-state index contributed by atoms with van der Waals surface area (Å²) in [6, 6.07) is 11.7. The number of thiol groups is 1. The molecule has 2 aromatic carbocycles. The number of hydrogen-bond acceptors (Lipinski definition) is 6. The lowest BCUT2D eigenvalue weighted by molar-refractivity contribution is 0.765. The van der Waals surface area contributed by atoms with Gasteiger partial charge in [0.25, 0.3) is 0 Å². The van der Waals surface area contributed by atoms with Crippen LogP contribution in [0.2, 0.25) is 0 Å². The SMILES string of the molecule is Cn1nc(-c2ccc(S)cc2)c(N=O)c1-c1nc2cc3c(cc2[nH]1)CNC3. The van der Waals surface area contributed by atoms with Crippen molar-refractivity contribution in [2.24, 2.45) is 12.2 Å². The first-order chi connectivity index (χ1) is 13.1. The zero-order valence-electron chi connectivity index (χ0n) is 14.5. The molecule has 4 aromatic rings. The van der Waals surface area contributed by atoms with Crippen molar-refractivity contribution in [1.29, 1.82) is 0 Å². The monoisotopic (exact) mass is 376 g/mol. The standard InChI is InChI=1S/C19H16N6OS/c1-25-18(17(24-26)16(23-25)10-2-4-13(27)5-3-10)19-21-14-6-11-8-20-9-12(11)7-15(14)22-19/h2-7,20,27H,8-9H2,1H3,(H,21,22). The summed E-state index contributed by atoms with van der Waals surface area (Å²) in [7, 11) is 1.79. The highest BCUT2D eigenvalue weighted by Gasteiger charge is 2.23. The van der Waals surface area contributed by atoms with E-state index < -0.39 is 0 Å². The van der Waals surface area contributed by atoms with E-state index in [0.717, 1.165) is 34.6 Å². The first-order valence-electron chi connectivity index (χ1n) is 8.56. The Balaban J connectivity index is 1.68. The van der Waals surface area contributed by atoms with Crippen molar-refractivity contribution in [2.45, 2.75) is 18.0 Å². The number of nitrogens with one attached hydrogen (secondary N) is 2. The van der Waals surface area contributed by atoms with E-state index in [1.807, 2.05) is 24.3 Å². The summed E-state index contributed by atoms with van der Waals surface area (Å²) in [4.78, 5) is 20.5. The summed E-state index contributed by atoms with van der Waals surface area (Å²) < 4.78 is 1.65. The van der Waals surface area contributed by atoms with Gasteiger partial charge in [-0.25, -0.2) is 4.98 Å². The predicted molar refractivity (Wildman–Crippen MR) is 107 cm³/mol. The number of hydrogen-bond donors (Lipinski definition) is 3. The van der Waals surface area contributed by atoms with E-state index in [-0.39, 0.29) is 5.69 Å². The maximum atomic E-state index is 11.7. The second kappa shape index (κ2) is 6.04. The van der Waals surface area contributed by atoms with Gasteiger partial charge in [-0.1, -0.05) is 12.1 Å². The van der Waals surface area contributed by atoms with Gasteiger partial charge in [-0.05, 0) is 40.6 Å². The highest BCUT2D eigenvalue weighted by Crippen LogP contribution is 2.38. The minimum absolute atomic E-state index is 0.276. The molecule has 0 radical (unpaired) electrons. The Bertz CT molecular complexity index is 1150. The second-order valence-electron chi connectivity index (χ2n) is 6.63. The number of aromatic amines is 1. The average molecular weight is 376 g/mol. The molecule has 134 valence electrons. The maximum absolute atomic E-state index is 11.7. The fourth-order valence-electron chi connectivity index (χ4n) is 3.60. The zero-order valence-corrected chi connectivity index (χ0v) is 15.4. The van der Waals surface area contributed by atoms with Gasteiger partial charge in [0.05, 0.1) is 11.0 Å². The molecule has 0 atom stereocenters. The predicted octanol–water partition coefficient (Wildman–Crippen LogP) is 3.92. The van der Waals surface area contributed by atoms with Crippen LogP contribution in [0.5, 0.6) is 0 Å². The summed E-state index contributed by atoms with van der Waals surface area (Å²) in [5.74, 6) is 0.586. The third-order valence-electron chi connectivity index (χ3n) is 4.91. The van der Waals surface area contributed by atoms with Crippen LogP contribution in [0.15, 0.2) is 46.5 Å². The fourth-order valence-corrected chi connectivity index (χ4v) is 3.75. The smallest absolute Gasteiger partial charge is 0.165 e. The van der Waals surface area contributed by atoms with Crippen molar-refractivity contribution in [3.05, 3.63) is 52.4 Å². The minimum Gasteiger partial charge on any atom is -0.337 e. The van der Waals surface area contributed by atoms with Gasteiger partial charge in [-0.15, -0.1) is 17.5 Å². The molecule has 8 heteroatoms. The van der Waals surface area contributed by atoms with Crippen LogP contribution in [-0.4, -0.2) is 19.7 Å². The number of rotatable bonds is 3. The average Bonchev–Trinajstić information content (AvgIpc) is 3.35. The van der Waals surface area contributed by atoms with Gasteiger partial charge in [0.2, 0.25) is 0 Å². The topological polar surface area (TPSA) is 88.0 Å². The van der Waals surface area contributed by atoms with Gasteiger partial charge >= 0.3 is 0 Å². The summed E-state index contributed by atoms with van der Waals surface area (Å²) >= 11 is 4.30. The van der Waals surface area contributed by atoms with E-state index in [2.05, 4.69) is 45.3 Å². The molecule has 2 N–H and O–H groups in total. The Kier molecular flexibility index (Phi) is 3.63. The molecule has 1 aliphatic heterocycles. The number of aryl methyl sites for hydroxylation is 1. The van der Waals surface area contributed by atoms with Crippen LogP contribution in [0.4, 0.5) is 5.69 Å². The number of nitroso groups, excluding NO2 is 1. The lowest BCUT2D eigenvalue weighted by Crippen LogP contribution is -1.99. The minimum atomic E-state index is 0.276. The first-order valence-corrected chi connectivity index (χ1v) is 9.01. The highest BCUT2D eigenvalue weighted by molar-refractivity contribution is 7.80. The fraction of sp³-hybridized carbons (Fsp3) is 0.158. The maximum Gasteiger partial charge on any atom is 0.165 e. The van der Waals surface area contributed by atoms with Crippen molar-refractivity contribution in [1.82, 2.24) is 25.1 Å². The van der Waals surface area contributed by atoms with Crippen LogP contribution < -0.4 is 5.32 Å². The lowest BCUT2D eigenvalue weighted by Gasteiger charge is -1.98. The number of nitrogens with zero attached hydrogens (tertiary/aromatic N) is 4. The van der Waals surface area contributed by atoms with E-state index in [4.69, 9.17) is 4.98 Å². The molecule has 0 saturated heterocycles. The van der Waals surface area contributed by atoms with E-state index >= 15 is 0 Å². The molecular weight excluding hydrogens is 360 g/mol. The van der Waals surface area contributed by atoms with Crippen LogP contribution in [-0.2, 0) is 20.1 Å². The molecule has 0 fully saturated rings. The van der Waals surface area contributed by atoms with Crippen molar-refractivity contribution >= 4 is 29.3 Å². The molecule has 1 aliphatic rings. The third-order valence-corrected chi connectivity index (χ3v) is 5.21. The Labute approximate surface area is 160 Å². The molecule has 0 unspecified atom stereocenters. The summed E-state index contributed by atoms with van der Waals surface area (Å²) in [6.07, 6.45) is 0. The van der Waals surface area contributed by atoms with E-state index in [0.29, 0.717) is 17.2 Å². The van der Waals surface area contributed by atoms with Gasteiger partial charge in [-0.2, -0.15) is 5.10 Å². The molecular formula is C19H16N6OS. The summed E-state index contributed by atoms with van der Waals surface area (Å²) in [5, 5.41) is 11.1. The Hall–Kier alpha value is -2.97. The van der Waals surface area contributed by atoms with E-state index in [1.165, 1.54) is 11.1 Å². The number of H-pyrrole nitrogens is 1. The molecule has 0 saturated carbocycles. The van der Waals surface area contributed by atoms with Crippen LogP contribution in [0.3, 0.4) is 0 Å². The number of benzene rings is 2. The lowest BCUT2D eigenvalue weighted by atomic mass is 10.1. The van der Waals surface area contributed by atoms with Gasteiger partial charge in [0, 0.05) is 30.6 Å². The summed E-state index contributed by atoms with van der Waals surface area (Å²) in [6.45, 7) is 1.71. The van der Waals surface area contributed by atoms with E-state index in [1.54, 1.807) is 11.7 Å². The van der Waals surface area contributed by atoms with Crippen molar-refractivity contribution in [3.8, 4) is 22.8 Å². The van der Waals surface area contributed by atoms with Crippen LogP contribution in [0.1, 0.15) is 11.1 Å². The highest BCUT2D eigenvalue weighted by atomic mass is 32.1. The van der Waals surface area contributed by atoms with Crippen LogP contribution in [0.25, 0.3) is 33.8 Å². The molecule has 0 aliphatic carbocycles. The van der Waals surface area contributed by atoms with Gasteiger partial charge in [0.1, 0.15) is 11.4 Å². The number of aromatic nitrogens is 4. The van der Waals surface area contributed by atoms with Crippen molar-refractivity contribution < 1.29 is 0 Å². The van der Waals surface area contributed by atoms with Gasteiger partial charge in [0.15, 0.2) is 11.5 Å². The van der Waals surface area contributed by atoms with E-state index in [9.17, 15) is 4.91 Å². The van der Waals surface area contributed by atoms with Gasteiger partial charge < -0.3 is 10.3 Å². The Morgan fingerprint density at radius 1 is 1.15 bits per heavy atom. The normalized spacial score (nSPS) is 13.3. The molecule has 0 amide bonds. The van der Waals surface area contributed by atoms with Crippen molar-refractivity contribution in [2.75, 3.05) is 0 Å². The largest absolute Gasteiger partial charge is 0.337 e. The molecule has 27 heavy (non-hydrogen) atoms. The third kappa shape index (κ3) is 2.56. The molecule has 0 spiro atoms. The number of fused-ring (bicyclic) bond motifs is 2. The van der Waals surface area contributed by atoms with Gasteiger partial charge in [-0.3, -0.25) is 4.68 Å². The number of imidazole rings is 1. The molecule has 0 bridgehead atoms.